The molecular weight excluding hydrogens is 292 g/mol. The Morgan fingerprint density at radius 3 is 3.05 bits per heavy atom. The Kier molecular flexibility index (Phi) is 3.29. The van der Waals surface area contributed by atoms with Crippen molar-refractivity contribution < 1.29 is 9.84 Å². The average molecular weight is 307 g/mol. The first-order valence-electron chi connectivity index (χ1n) is 6.64. The van der Waals surface area contributed by atoms with E-state index in [9.17, 15) is 5.11 Å². The summed E-state index contributed by atoms with van der Waals surface area (Å²) in [4.78, 5) is 8.10. The van der Waals surface area contributed by atoms with Gasteiger partial charge in [0.25, 0.3) is 0 Å². The van der Waals surface area contributed by atoms with Gasteiger partial charge in [0, 0.05) is 12.6 Å². The van der Waals surface area contributed by atoms with Crippen LogP contribution < -0.4 is 5.73 Å². The molecule has 6 nitrogen and oxygen atoms in total. The summed E-state index contributed by atoms with van der Waals surface area (Å²) >= 11 is 5.86. The van der Waals surface area contributed by atoms with Gasteiger partial charge < -0.3 is 20.1 Å². The van der Waals surface area contributed by atoms with Crippen LogP contribution in [0.15, 0.2) is 12.3 Å². The zero-order valence-electron chi connectivity index (χ0n) is 11.5. The molecule has 0 aromatic carbocycles. The fourth-order valence-corrected chi connectivity index (χ4v) is 2.90. The number of rotatable bonds is 2. The molecule has 3 heterocycles. The molecule has 3 rings (SSSR count). The van der Waals surface area contributed by atoms with Crippen LogP contribution in [-0.2, 0) is 4.74 Å². The highest BCUT2D eigenvalue weighted by Gasteiger charge is 2.46. The van der Waals surface area contributed by atoms with Crippen LogP contribution >= 0.6 is 11.6 Å². The number of nitrogen functional groups attached to an aromatic ring is 1. The van der Waals surface area contributed by atoms with Crippen LogP contribution in [0.4, 0.5) is 5.82 Å². The van der Waals surface area contributed by atoms with E-state index in [1.54, 1.807) is 16.8 Å². The number of nitrogens with zero attached hydrogens (tertiary/aromatic N) is 3. The van der Waals surface area contributed by atoms with Crippen LogP contribution in [0.3, 0.4) is 0 Å². The SMILES string of the molecule is C#C[C@]1(CC)O[C@@H](n2ccc3c(N)nc(Cl)nc32)C[C@@H]1O. The predicted molar refractivity (Wildman–Crippen MR) is 79.6 cm³/mol. The zero-order valence-corrected chi connectivity index (χ0v) is 12.2. The lowest BCUT2D eigenvalue weighted by Crippen LogP contribution is -2.36. The van der Waals surface area contributed by atoms with Crippen molar-refractivity contribution in [3.8, 4) is 12.3 Å². The number of aliphatic hydroxyl groups excluding tert-OH is 1. The minimum absolute atomic E-state index is 0.0669. The number of aliphatic hydroxyl groups is 1. The monoisotopic (exact) mass is 306 g/mol. The molecule has 2 aromatic heterocycles. The molecule has 1 aliphatic heterocycles. The van der Waals surface area contributed by atoms with Gasteiger partial charge in [-0.25, -0.2) is 4.98 Å². The Hall–Kier alpha value is -1.81. The van der Waals surface area contributed by atoms with E-state index < -0.39 is 17.9 Å². The van der Waals surface area contributed by atoms with Gasteiger partial charge in [-0.05, 0) is 24.1 Å². The maximum absolute atomic E-state index is 10.2. The minimum Gasteiger partial charge on any atom is -0.389 e. The molecule has 0 unspecified atom stereocenters. The quantitative estimate of drug-likeness (QED) is 0.652. The van der Waals surface area contributed by atoms with Gasteiger partial charge >= 0.3 is 0 Å². The van der Waals surface area contributed by atoms with Crippen LogP contribution in [-0.4, -0.2) is 31.3 Å². The number of anilines is 1. The summed E-state index contributed by atoms with van der Waals surface area (Å²) < 4.78 is 7.70. The number of hydrogen-bond acceptors (Lipinski definition) is 5. The number of ether oxygens (including phenoxy) is 1. The molecule has 0 amide bonds. The third-order valence-electron chi connectivity index (χ3n) is 3.96. The highest BCUT2D eigenvalue weighted by atomic mass is 35.5. The molecule has 21 heavy (non-hydrogen) atoms. The first-order chi connectivity index (χ1) is 10.0. The van der Waals surface area contributed by atoms with Crippen LogP contribution in [0.5, 0.6) is 0 Å². The number of aromatic nitrogens is 3. The summed E-state index contributed by atoms with van der Waals surface area (Å²) in [5, 5.41) is 11.0. The lowest BCUT2D eigenvalue weighted by molar-refractivity contribution is -0.0646. The summed E-state index contributed by atoms with van der Waals surface area (Å²) in [5.41, 5.74) is 5.43. The van der Waals surface area contributed by atoms with Gasteiger partial charge in [-0.15, -0.1) is 6.42 Å². The zero-order chi connectivity index (χ0) is 15.2. The number of fused-ring (bicyclic) bond motifs is 1. The van der Waals surface area contributed by atoms with Crippen molar-refractivity contribution in [2.24, 2.45) is 0 Å². The van der Waals surface area contributed by atoms with Gasteiger partial charge in [0.1, 0.15) is 17.7 Å². The largest absolute Gasteiger partial charge is 0.389 e. The summed E-state index contributed by atoms with van der Waals surface area (Å²) in [7, 11) is 0. The van der Waals surface area contributed by atoms with Gasteiger partial charge in [-0.2, -0.15) is 4.98 Å². The van der Waals surface area contributed by atoms with Crippen molar-refractivity contribution in [2.75, 3.05) is 5.73 Å². The molecule has 1 fully saturated rings. The van der Waals surface area contributed by atoms with Crippen LogP contribution in [0, 0.1) is 12.3 Å². The van der Waals surface area contributed by atoms with Crippen molar-refractivity contribution >= 4 is 28.5 Å². The lowest BCUT2D eigenvalue weighted by atomic mass is 9.95. The van der Waals surface area contributed by atoms with E-state index in [0.29, 0.717) is 29.7 Å². The van der Waals surface area contributed by atoms with E-state index in [-0.39, 0.29) is 5.28 Å². The van der Waals surface area contributed by atoms with Crippen molar-refractivity contribution in [1.29, 1.82) is 0 Å². The van der Waals surface area contributed by atoms with E-state index in [0.717, 1.165) is 0 Å². The first kappa shape index (κ1) is 14.1. The molecule has 110 valence electrons. The van der Waals surface area contributed by atoms with Crippen molar-refractivity contribution in [3.05, 3.63) is 17.5 Å². The van der Waals surface area contributed by atoms with Crippen molar-refractivity contribution in [2.45, 2.75) is 37.7 Å². The Balaban J connectivity index is 2.05. The predicted octanol–water partition coefficient (Wildman–Crippen LogP) is 1.73. The number of hydrogen-bond donors (Lipinski definition) is 2. The summed E-state index contributed by atoms with van der Waals surface area (Å²) in [6.07, 6.45) is 7.07. The van der Waals surface area contributed by atoms with Crippen LogP contribution in [0.25, 0.3) is 11.0 Å². The maximum atomic E-state index is 10.2. The highest BCUT2D eigenvalue weighted by Crippen LogP contribution is 2.40. The lowest BCUT2D eigenvalue weighted by Gasteiger charge is -2.24. The molecule has 0 aliphatic carbocycles. The molecule has 0 spiro atoms. The van der Waals surface area contributed by atoms with E-state index >= 15 is 0 Å². The summed E-state index contributed by atoms with van der Waals surface area (Å²) in [5.74, 6) is 2.88. The molecule has 7 heteroatoms. The third kappa shape index (κ3) is 2.05. The number of terminal acetylenes is 1. The molecule has 1 aliphatic rings. The fourth-order valence-electron chi connectivity index (χ4n) is 2.73. The Morgan fingerprint density at radius 1 is 1.67 bits per heavy atom. The van der Waals surface area contributed by atoms with E-state index in [1.165, 1.54) is 0 Å². The van der Waals surface area contributed by atoms with Gasteiger partial charge in [-0.3, -0.25) is 0 Å². The molecule has 3 atom stereocenters. The topological polar surface area (TPSA) is 86.2 Å². The van der Waals surface area contributed by atoms with Crippen LogP contribution in [0.1, 0.15) is 26.0 Å². The van der Waals surface area contributed by atoms with E-state index in [4.69, 9.17) is 28.5 Å². The third-order valence-corrected chi connectivity index (χ3v) is 4.13. The molecule has 2 aromatic rings. The van der Waals surface area contributed by atoms with Crippen LogP contribution in [0.2, 0.25) is 5.28 Å². The first-order valence-corrected chi connectivity index (χ1v) is 7.01. The highest BCUT2D eigenvalue weighted by molar-refractivity contribution is 6.28. The van der Waals surface area contributed by atoms with Gasteiger partial charge in [0.2, 0.25) is 5.28 Å². The average Bonchev–Trinajstić information content (AvgIpc) is 3.00. The number of halogens is 1. The molecule has 1 saturated heterocycles. The second kappa shape index (κ2) is 4.88. The van der Waals surface area contributed by atoms with E-state index in [2.05, 4.69) is 15.9 Å². The molecule has 3 N–H and O–H groups in total. The second-order valence-electron chi connectivity index (χ2n) is 5.05. The van der Waals surface area contributed by atoms with Gasteiger partial charge in [-0.1, -0.05) is 12.8 Å². The Bertz CT molecular complexity index is 738. The van der Waals surface area contributed by atoms with Crippen molar-refractivity contribution in [1.82, 2.24) is 14.5 Å². The smallest absolute Gasteiger partial charge is 0.226 e. The van der Waals surface area contributed by atoms with E-state index in [1.807, 2.05) is 6.92 Å². The molecule has 0 radical (unpaired) electrons. The number of nitrogens with two attached hydrogens (primary N) is 1. The van der Waals surface area contributed by atoms with Crippen molar-refractivity contribution in [3.63, 3.8) is 0 Å². The maximum Gasteiger partial charge on any atom is 0.226 e. The van der Waals surface area contributed by atoms with Gasteiger partial charge in [0.15, 0.2) is 5.60 Å². The Labute approximate surface area is 126 Å². The molecular formula is C14H15ClN4O2. The Morgan fingerprint density at radius 2 is 2.43 bits per heavy atom. The standard InChI is InChI=1S/C14H15ClN4O2/c1-3-14(4-2)9(20)7-10(21-14)19-6-5-8-11(16)17-13(15)18-12(8)19/h1,5-6,9-10,20H,4,7H2,2H3,(H2,16,17,18)/t9-,10+,14+/m0/s1. The molecule has 0 saturated carbocycles. The summed E-state index contributed by atoms with van der Waals surface area (Å²) in [6, 6.07) is 1.79. The second-order valence-corrected chi connectivity index (χ2v) is 5.39. The molecule has 0 bridgehead atoms. The fraction of sp³-hybridized carbons (Fsp3) is 0.429. The minimum atomic E-state index is -0.969. The summed E-state index contributed by atoms with van der Waals surface area (Å²) in [6.45, 7) is 1.89. The van der Waals surface area contributed by atoms with Gasteiger partial charge in [0.05, 0.1) is 11.5 Å². The normalized spacial score (nSPS) is 28.9.